The van der Waals surface area contributed by atoms with Gasteiger partial charge in [-0.1, -0.05) is 29.3 Å². The number of hydrogen-bond acceptors (Lipinski definition) is 2. The van der Waals surface area contributed by atoms with Crippen LogP contribution in [0.4, 0.5) is 0 Å². The summed E-state index contributed by atoms with van der Waals surface area (Å²) >= 11 is 12.2. The molecule has 120 valence electrons. The van der Waals surface area contributed by atoms with Gasteiger partial charge in [-0.05, 0) is 49.8 Å². The summed E-state index contributed by atoms with van der Waals surface area (Å²) in [6.07, 6.45) is 3.10. The molecule has 0 bridgehead atoms. The summed E-state index contributed by atoms with van der Waals surface area (Å²) in [5, 5.41) is 1.30. The van der Waals surface area contributed by atoms with E-state index in [1.165, 1.54) is 0 Å². The summed E-state index contributed by atoms with van der Waals surface area (Å²) < 4.78 is 5.64. The Morgan fingerprint density at radius 1 is 1.32 bits per heavy atom. The molecule has 2 atom stereocenters. The lowest BCUT2D eigenvalue weighted by Crippen LogP contribution is -2.41. The molecular weight excluding hydrogens is 321 g/mol. The number of halogens is 2. The van der Waals surface area contributed by atoms with Crippen molar-refractivity contribution >= 4 is 29.1 Å². The highest BCUT2D eigenvalue weighted by Gasteiger charge is 2.46. The number of hydrogen-bond donors (Lipinski definition) is 0. The van der Waals surface area contributed by atoms with Gasteiger partial charge >= 0.3 is 0 Å². The molecule has 2 unspecified atom stereocenters. The van der Waals surface area contributed by atoms with Crippen molar-refractivity contribution in [3.8, 4) is 0 Å². The first-order chi connectivity index (χ1) is 10.6. The minimum absolute atomic E-state index is 0.0855. The molecule has 1 saturated heterocycles. The fourth-order valence-electron chi connectivity index (χ4n) is 3.33. The molecule has 5 heteroatoms. The summed E-state index contributed by atoms with van der Waals surface area (Å²) in [5.41, 5.74) is 1.05. The molecule has 1 aliphatic carbocycles. The second kappa shape index (κ2) is 6.77. The average molecular weight is 342 g/mol. The van der Waals surface area contributed by atoms with E-state index in [4.69, 9.17) is 27.9 Å². The van der Waals surface area contributed by atoms with Crippen molar-refractivity contribution in [2.45, 2.75) is 38.2 Å². The van der Waals surface area contributed by atoms with E-state index in [9.17, 15) is 4.79 Å². The second-order valence-electron chi connectivity index (χ2n) is 6.09. The van der Waals surface area contributed by atoms with E-state index in [-0.39, 0.29) is 17.7 Å². The quantitative estimate of drug-likeness (QED) is 0.824. The summed E-state index contributed by atoms with van der Waals surface area (Å²) in [7, 11) is 0. The van der Waals surface area contributed by atoms with E-state index >= 15 is 0 Å². The minimum Gasteiger partial charge on any atom is -0.378 e. The van der Waals surface area contributed by atoms with Gasteiger partial charge in [0.05, 0.1) is 6.10 Å². The van der Waals surface area contributed by atoms with Crippen molar-refractivity contribution in [2.24, 2.45) is 5.92 Å². The number of nitrogens with zero attached hydrogens (tertiary/aromatic N) is 1. The highest BCUT2D eigenvalue weighted by atomic mass is 35.5. The Balaban J connectivity index is 1.57. The SMILES string of the molecule is CCOC1CCN(C(=O)C2CC2c2ccc(Cl)cc2Cl)CC1. The molecule has 0 spiro atoms. The first-order valence-electron chi connectivity index (χ1n) is 7.95. The molecule has 0 aromatic heterocycles. The van der Waals surface area contributed by atoms with Gasteiger partial charge in [0.25, 0.3) is 0 Å². The van der Waals surface area contributed by atoms with Crippen LogP contribution in [-0.4, -0.2) is 36.6 Å². The molecule has 3 nitrogen and oxygen atoms in total. The van der Waals surface area contributed by atoms with Crippen molar-refractivity contribution in [3.05, 3.63) is 33.8 Å². The molecule has 1 amide bonds. The molecule has 1 aromatic carbocycles. The van der Waals surface area contributed by atoms with Gasteiger partial charge in [0.1, 0.15) is 0 Å². The van der Waals surface area contributed by atoms with Crippen LogP contribution in [0.2, 0.25) is 10.0 Å². The van der Waals surface area contributed by atoms with Gasteiger partial charge in [0, 0.05) is 35.7 Å². The van der Waals surface area contributed by atoms with Gasteiger partial charge in [-0.3, -0.25) is 4.79 Å². The van der Waals surface area contributed by atoms with Gasteiger partial charge in [0.2, 0.25) is 5.91 Å². The molecular formula is C17H21Cl2NO2. The van der Waals surface area contributed by atoms with Crippen LogP contribution >= 0.6 is 23.2 Å². The molecule has 2 fully saturated rings. The van der Waals surface area contributed by atoms with Crippen LogP contribution in [0, 0.1) is 5.92 Å². The summed E-state index contributed by atoms with van der Waals surface area (Å²) in [4.78, 5) is 14.6. The van der Waals surface area contributed by atoms with E-state index in [2.05, 4.69) is 0 Å². The lowest BCUT2D eigenvalue weighted by Gasteiger charge is -2.32. The van der Waals surface area contributed by atoms with E-state index in [1.54, 1.807) is 6.07 Å². The van der Waals surface area contributed by atoms with Crippen LogP contribution in [0.1, 0.15) is 37.7 Å². The number of likely N-dealkylation sites (tertiary alicyclic amines) is 1. The normalized spacial score (nSPS) is 25.3. The van der Waals surface area contributed by atoms with Crippen molar-refractivity contribution in [1.29, 1.82) is 0 Å². The van der Waals surface area contributed by atoms with Crippen LogP contribution < -0.4 is 0 Å². The van der Waals surface area contributed by atoms with Crippen LogP contribution in [-0.2, 0) is 9.53 Å². The van der Waals surface area contributed by atoms with Crippen molar-refractivity contribution < 1.29 is 9.53 Å². The van der Waals surface area contributed by atoms with Crippen molar-refractivity contribution in [3.63, 3.8) is 0 Å². The first-order valence-corrected chi connectivity index (χ1v) is 8.71. The Bertz CT molecular complexity index is 556. The Morgan fingerprint density at radius 3 is 2.68 bits per heavy atom. The Hall–Kier alpha value is -0.770. The Morgan fingerprint density at radius 2 is 2.05 bits per heavy atom. The number of amides is 1. The highest BCUT2D eigenvalue weighted by molar-refractivity contribution is 6.35. The minimum atomic E-state index is 0.0855. The topological polar surface area (TPSA) is 29.5 Å². The Kier molecular flexibility index (Phi) is 4.96. The van der Waals surface area contributed by atoms with Gasteiger partial charge in [-0.15, -0.1) is 0 Å². The third-order valence-corrected chi connectivity index (χ3v) is 5.19. The molecule has 2 aliphatic rings. The molecule has 3 rings (SSSR count). The molecule has 1 heterocycles. The lowest BCUT2D eigenvalue weighted by molar-refractivity contribution is -0.135. The molecule has 1 aromatic rings. The maximum absolute atomic E-state index is 12.6. The maximum Gasteiger partial charge on any atom is 0.226 e. The molecule has 0 N–H and O–H groups in total. The zero-order valence-electron chi connectivity index (χ0n) is 12.7. The molecule has 1 saturated carbocycles. The number of ether oxygens (including phenoxy) is 1. The van der Waals surface area contributed by atoms with E-state index in [1.807, 2.05) is 24.0 Å². The van der Waals surface area contributed by atoms with Crippen molar-refractivity contribution in [1.82, 2.24) is 4.90 Å². The van der Waals surface area contributed by atoms with Gasteiger partial charge in [-0.2, -0.15) is 0 Å². The number of carbonyl (C=O) groups excluding carboxylic acids is 1. The van der Waals surface area contributed by atoms with Gasteiger partial charge in [-0.25, -0.2) is 0 Å². The summed E-state index contributed by atoms with van der Waals surface area (Å²) in [6, 6.07) is 5.55. The zero-order chi connectivity index (χ0) is 15.7. The largest absolute Gasteiger partial charge is 0.378 e. The van der Waals surface area contributed by atoms with E-state index in [0.29, 0.717) is 16.1 Å². The third kappa shape index (κ3) is 3.42. The summed E-state index contributed by atoms with van der Waals surface area (Å²) in [5.74, 6) is 0.607. The molecule has 22 heavy (non-hydrogen) atoms. The fraction of sp³-hybridized carbons (Fsp3) is 0.588. The smallest absolute Gasteiger partial charge is 0.226 e. The zero-order valence-corrected chi connectivity index (χ0v) is 14.2. The predicted molar refractivity (Wildman–Crippen MR) is 88.5 cm³/mol. The maximum atomic E-state index is 12.6. The van der Waals surface area contributed by atoms with Crippen molar-refractivity contribution in [2.75, 3.05) is 19.7 Å². The van der Waals surface area contributed by atoms with Crippen LogP contribution in [0.25, 0.3) is 0 Å². The Labute approximate surface area is 141 Å². The monoisotopic (exact) mass is 341 g/mol. The lowest BCUT2D eigenvalue weighted by atomic mass is 10.1. The van der Waals surface area contributed by atoms with E-state index in [0.717, 1.165) is 44.5 Å². The number of benzene rings is 1. The standard InChI is InChI=1S/C17H21Cl2NO2/c1-2-22-12-5-7-20(8-6-12)17(21)15-10-14(15)13-4-3-11(18)9-16(13)19/h3-4,9,12,14-15H,2,5-8,10H2,1H3. The second-order valence-corrected chi connectivity index (χ2v) is 6.94. The molecule has 0 radical (unpaired) electrons. The average Bonchev–Trinajstić information content (AvgIpc) is 3.28. The van der Waals surface area contributed by atoms with Crippen LogP contribution in [0.5, 0.6) is 0 Å². The van der Waals surface area contributed by atoms with Gasteiger partial charge in [0.15, 0.2) is 0 Å². The van der Waals surface area contributed by atoms with Crippen LogP contribution in [0.15, 0.2) is 18.2 Å². The highest BCUT2D eigenvalue weighted by Crippen LogP contribution is 2.51. The predicted octanol–water partition coefficient (Wildman–Crippen LogP) is 4.12. The third-order valence-electron chi connectivity index (χ3n) is 4.63. The fourth-order valence-corrected chi connectivity index (χ4v) is 3.88. The molecule has 1 aliphatic heterocycles. The first kappa shape index (κ1) is 16.1. The van der Waals surface area contributed by atoms with Crippen LogP contribution in [0.3, 0.4) is 0 Å². The summed E-state index contributed by atoms with van der Waals surface area (Å²) in [6.45, 7) is 4.38. The van der Waals surface area contributed by atoms with E-state index < -0.39 is 0 Å². The number of carbonyl (C=O) groups is 1. The number of piperidine rings is 1. The number of rotatable bonds is 4. The van der Waals surface area contributed by atoms with Gasteiger partial charge < -0.3 is 9.64 Å².